The Morgan fingerprint density at radius 1 is 1.73 bits per heavy atom. The van der Waals surface area contributed by atoms with Gasteiger partial charge in [0.15, 0.2) is 14.7 Å². The van der Waals surface area contributed by atoms with Crippen LogP contribution in [0.25, 0.3) is 0 Å². The molecule has 0 bridgehead atoms. The Balaban J connectivity index is 4.60. The molecular formula is C6H9NO3S. The number of nitrogens with zero attached hydrogens (tertiary/aromatic N) is 1. The van der Waals surface area contributed by atoms with Crippen molar-refractivity contribution in [3.8, 4) is 6.07 Å². The molecule has 0 rings (SSSR count). The van der Waals surface area contributed by atoms with Crippen LogP contribution in [0.3, 0.4) is 0 Å². The summed E-state index contributed by atoms with van der Waals surface area (Å²) in [5.74, 6) is 0. The van der Waals surface area contributed by atoms with Gasteiger partial charge in [-0.1, -0.05) is 0 Å². The highest BCUT2D eigenvalue weighted by Crippen LogP contribution is 2.01. The summed E-state index contributed by atoms with van der Waals surface area (Å²) in [6, 6.07) is 1.52. The van der Waals surface area contributed by atoms with E-state index in [0.29, 0.717) is 6.61 Å². The first-order chi connectivity index (χ1) is 5.02. The molecule has 0 heterocycles. The van der Waals surface area contributed by atoms with Crippen LogP contribution in [0.1, 0.15) is 6.92 Å². The lowest BCUT2D eigenvalue weighted by Gasteiger charge is -1.94. The van der Waals surface area contributed by atoms with Gasteiger partial charge in [-0.3, -0.25) is 0 Å². The molecule has 0 saturated heterocycles. The van der Waals surface area contributed by atoms with Gasteiger partial charge in [-0.05, 0) is 6.92 Å². The average molecular weight is 175 g/mol. The van der Waals surface area contributed by atoms with Crippen LogP contribution in [0.4, 0.5) is 0 Å². The van der Waals surface area contributed by atoms with Crippen molar-refractivity contribution in [2.75, 3.05) is 12.9 Å². The van der Waals surface area contributed by atoms with Crippen molar-refractivity contribution in [1.82, 2.24) is 0 Å². The standard InChI is InChI=1S/C6H9NO3S/c1-3-10-5-6(4-7)11(2,8)9/h5H,3H2,1-2H3. The third-order valence-electron chi connectivity index (χ3n) is 0.867. The maximum Gasteiger partial charge on any atom is 0.188 e. The summed E-state index contributed by atoms with van der Waals surface area (Å²) in [5.41, 5.74) is 0. The van der Waals surface area contributed by atoms with Gasteiger partial charge in [-0.25, -0.2) is 8.42 Å². The predicted octanol–water partition coefficient (Wildman–Crippen LogP) is 0.432. The Morgan fingerprint density at radius 2 is 2.27 bits per heavy atom. The van der Waals surface area contributed by atoms with Gasteiger partial charge in [-0.15, -0.1) is 0 Å². The van der Waals surface area contributed by atoms with Crippen LogP contribution in [0, 0.1) is 11.3 Å². The number of rotatable bonds is 3. The van der Waals surface area contributed by atoms with Gasteiger partial charge in [0.25, 0.3) is 0 Å². The Labute approximate surface area is 66.0 Å². The lowest BCUT2D eigenvalue weighted by atomic mass is 10.7. The molecule has 0 atom stereocenters. The Hall–Kier alpha value is -1.02. The fourth-order valence-corrected chi connectivity index (χ4v) is 0.764. The van der Waals surface area contributed by atoms with Crippen LogP contribution in [-0.2, 0) is 14.6 Å². The first-order valence-corrected chi connectivity index (χ1v) is 4.83. The fraction of sp³-hybridized carbons (Fsp3) is 0.500. The number of hydrogen-bond donors (Lipinski definition) is 0. The molecule has 4 nitrogen and oxygen atoms in total. The van der Waals surface area contributed by atoms with E-state index >= 15 is 0 Å². The van der Waals surface area contributed by atoms with E-state index in [1.54, 1.807) is 6.92 Å². The van der Waals surface area contributed by atoms with Crippen molar-refractivity contribution < 1.29 is 13.2 Å². The van der Waals surface area contributed by atoms with Crippen molar-refractivity contribution in [3.05, 3.63) is 11.2 Å². The van der Waals surface area contributed by atoms with Crippen LogP contribution < -0.4 is 0 Å². The van der Waals surface area contributed by atoms with Crippen LogP contribution in [0.5, 0.6) is 0 Å². The molecule has 0 aromatic rings. The van der Waals surface area contributed by atoms with E-state index in [2.05, 4.69) is 4.74 Å². The summed E-state index contributed by atoms with van der Waals surface area (Å²) in [6.45, 7) is 2.05. The molecular weight excluding hydrogens is 166 g/mol. The van der Waals surface area contributed by atoms with Crippen LogP contribution in [-0.4, -0.2) is 21.3 Å². The molecule has 0 N–H and O–H groups in total. The van der Waals surface area contributed by atoms with Crippen molar-refractivity contribution in [2.24, 2.45) is 0 Å². The van der Waals surface area contributed by atoms with E-state index < -0.39 is 9.84 Å². The normalized spacial score (nSPS) is 12.3. The zero-order valence-corrected chi connectivity index (χ0v) is 7.18. The largest absolute Gasteiger partial charge is 0.499 e. The molecule has 0 amide bonds. The van der Waals surface area contributed by atoms with E-state index in [-0.39, 0.29) is 4.91 Å². The smallest absolute Gasteiger partial charge is 0.188 e. The van der Waals surface area contributed by atoms with Gasteiger partial charge < -0.3 is 4.74 Å². The summed E-state index contributed by atoms with van der Waals surface area (Å²) in [6.07, 6.45) is 1.91. The molecule has 0 aromatic heterocycles. The van der Waals surface area contributed by atoms with Gasteiger partial charge in [0.1, 0.15) is 12.3 Å². The molecule has 0 aliphatic heterocycles. The second-order valence-corrected chi connectivity index (χ2v) is 3.81. The molecule has 62 valence electrons. The van der Waals surface area contributed by atoms with Crippen molar-refractivity contribution in [2.45, 2.75) is 6.92 Å². The molecule has 0 aromatic carbocycles. The van der Waals surface area contributed by atoms with Crippen LogP contribution in [0.2, 0.25) is 0 Å². The van der Waals surface area contributed by atoms with Crippen molar-refractivity contribution >= 4 is 9.84 Å². The fourth-order valence-electron chi connectivity index (χ4n) is 0.356. The Bertz CT molecular complexity index is 283. The van der Waals surface area contributed by atoms with Gasteiger partial charge in [0.2, 0.25) is 0 Å². The number of hydrogen-bond acceptors (Lipinski definition) is 4. The first-order valence-electron chi connectivity index (χ1n) is 2.94. The summed E-state index contributed by atoms with van der Waals surface area (Å²) in [4.78, 5) is -0.348. The molecule has 5 heteroatoms. The molecule has 0 aliphatic carbocycles. The second-order valence-electron chi connectivity index (χ2n) is 1.82. The minimum Gasteiger partial charge on any atom is -0.499 e. The zero-order chi connectivity index (χ0) is 8.91. The topological polar surface area (TPSA) is 67.2 Å². The van der Waals surface area contributed by atoms with Crippen molar-refractivity contribution in [3.63, 3.8) is 0 Å². The number of ether oxygens (including phenoxy) is 1. The number of sulfone groups is 1. The highest BCUT2D eigenvalue weighted by atomic mass is 32.2. The number of allylic oxidation sites excluding steroid dienone is 1. The summed E-state index contributed by atoms with van der Waals surface area (Å²) < 4.78 is 26.0. The summed E-state index contributed by atoms with van der Waals surface area (Å²) in [5, 5.41) is 8.31. The Kier molecular flexibility index (Phi) is 3.61. The highest BCUT2D eigenvalue weighted by Gasteiger charge is 2.09. The molecule has 0 saturated carbocycles. The molecule has 11 heavy (non-hydrogen) atoms. The lowest BCUT2D eigenvalue weighted by Crippen LogP contribution is -1.99. The van der Waals surface area contributed by atoms with Crippen molar-refractivity contribution in [1.29, 1.82) is 5.26 Å². The van der Waals surface area contributed by atoms with E-state index in [0.717, 1.165) is 12.5 Å². The first kappa shape index (κ1) is 9.98. The maximum absolute atomic E-state index is 10.7. The highest BCUT2D eigenvalue weighted by molar-refractivity contribution is 7.94. The zero-order valence-electron chi connectivity index (χ0n) is 6.36. The summed E-state index contributed by atoms with van der Waals surface area (Å²) >= 11 is 0. The predicted molar refractivity (Wildman–Crippen MR) is 40.2 cm³/mol. The third kappa shape index (κ3) is 3.63. The molecule has 0 aliphatic rings. The lowest BCUT2D eigenvalue weighted by molar-refractivity contribution is 0.268. The van der Waals surface area contributed by atoms with Gasteiger partial charge in [0, 0.05) is 6.26 Å². The third-order valence-corrected chi connectivity index (χ3v) is 1.85. The molecule has 0 fully saturated rings. The molecule has 0 radical (unpaired) electrons. The molecule has 0 unspecified atom stereocenters. The maximum atomic E-state index is 10.7. The van der Waals surface area contributed by atoms with E-state index in [9.17, 15) is 8.42 Å². The minimum atomic E-state index is -3.41. The second kappa shape index (κ2) is 3.98. The van der Waals surface area contributed by atoms with E-state index in [1.807, 2.05) is 0 Å². The van der Waals surface area contributed by atoms with Crippen LogP contribution in [0.15, 0.2) is 11.2 Å². The minimum absolute atomic E-state index is 0.348. The number of nitriles is 1. The average Bonchev–Trinajstić information content (AvgIpc) is 1.87. The van der Waals surface area contributed by atoms with E-state index in [4.69, 9.17) is 5.26 Å². The van der Waals surface area contributed by atoms with Crippen LogP contribution >= 0.6 is 0 Å². The van der Waals surface area contributed by atoms with Gasteiger partial charge in [0.05, 0.1) is 6.61 Å². The quantitative estimate of drug-likeness (QED) is 0.461. The van der Waals surface area contributed by atoms with Gasteiger partial charge in [-0.2, -0.15) is 5.26 Å². The van der Waals surface area contributed by atoms with Gasteiger partial charge >= 0.3 is 0 Å². The summed E-state index contributed by atoms with van der Waals surface area (Å²) in [7, 11) is -3.41. The molecule has 0 spiro atoms. The van der Waals surface area contributed by atoms with E-state index in [1.165, 1.54) is 6.07 Å². The monoisotopic (exact) mass is 175 g/mol. The SMILES string of the molecule is CCOC=C(C#N)S(C)(=O)=O. The Morgan fingerprint density at radius 3 is 2.55 bits per heavy atom.